The number of aliphatic imine (C=N–C) groups is 1. The molecule has 0 saturated carbocycles. The van der Waals surface area contributed by atoms with Gasteiger partial charge in [-0.25, -0.2) is 4.99 Å². The molecule has 4 rings (SSSR count). The summed E-state index contributed by atoms with van der Waals surface area (Å²) in [4.78, 5) is 31.8. The predicted octanol–water partition coefficient (Wildman–Crippen LogP) is 3.61. The van der Waals surface area contributed by atoms with Gasteiger partial charge in [-0.15, -0.1) is 0 Å². The van der Waals surface area contributed by atoms with Crippen LogP contribution in [0.5, 0.6) is 5.75 Å². The molecule has 0 radical (unpaired) electrons. The Balaban J connectivity index is 1.48. The highest BCUT2D eigenvalue weighted by Crippen LogP contribution is 2.34. The fourth-order valence-corrected chi connectivity index (χ4v) is 3.75. The molecule has 0 spiro atoms. The molecule has 0 fully saturated rings. The van der Waals surface area contributed by atoms with Gasteiger partial charge in [0.05, 0.1) is 29.2 Å². The summed E-state index contributed by atoms with van der Waals surface area (Å²) in [7, 11) is 3.66. The average Bonchev–Trinajstić information content (AvgIpc) is 3.11. The number of phenolic OH excluding ortho intramolecular Hbond substituents is 1. The number of aromatic hydroxyl groups is 1. The minimum Gasteiger partial charge on any atom is -0.508 e. The van der Waals surface area contributed by atoms with Gasteiger partial charge < -0.3 is 10.4 Å². The third-order valence-electron chi connectivity index (χ3n) is 5.25. The van der Waals surface area contributed by atoms with E-state index in [2.05, 4.69) is 20.8 Å². The number of anilines is 2. The summed E-state index contributed by atoms with van der Waals surface area (Å²) in [6, 6.07) is 17.7. The Bertz CT molecular complexity index is 1400. The number of amides is 1. The number of nitrogens with one attached hydrogen (secondary N) is 2. The lowest BCUT2D eigenvalue weighted by Gasteiger charge is -2.21. The van der Waals surface area contributed by atoms with Gasteiger partial charge in [0.2, 0.25) is 0 Å². The number of nitrogens with zero attached hydrogens (tertiary/aromatic N) is 5. The zero-order valence-corrected chi connectivity index (χ0v) is 20.8. The van der Waals surface area contributed by atoms with E-state index < -0.39 is 4.92 Å². The van der Waals surface area contributed by atoms with Crippen LogP contribution in [0.25, 0.3) is 0 Å². The van der Waals surface area contributed by atoms with Crippen LogP contribution in [-0.2, 0) is 4.79 Å². The quantitative estimate of drug-likeness (QED) is 0.187. The first-order chi connectivity index (χ1) is 17.7. The van der Waals surface area contributed by atoms with Crippen molar-refractivity contribution in [2.24, 2.45) is 10.1 Å². The van der Waals surface area contributed by atoms with Crippen LogP contribution in [0.1, 0.15) is 11.1 Å². The monoisotopic (exact) mass is 517 g/mol. The van der Waals surface area contributed by atoms with Crippen molar-refractivity contribution < 1.29 is 14.8 Å². The van der Waals surface area contributed by atoms with Crippen LogP contribution in [0.4, 0.5) is 22.7 Å². The van der Waals surface area contributed by atoms with Crippen LogP contribution in [0.2, 0.25) is 0 Å². The summed E-state index contributed by atoms with van der Waals surface area (Å²) in [6.07, 6.45) is 1.56. The maximum Gasteiger partial charge on any atom is 0.278 e. The van der Waals surface area contributed by atoms with Crippen LogP contribution in [0, 0.1) is 10.1 Å². The maximum absolute atomic E-state index is 13.2. The van der Waals surface area contributed by atoms with E-state index in [0.29, 0.717) is 29.3 Å². The van der Waals surface area contributed by atoms with Crippen LogP contribution in [-0.4, -0.2) is 58.6 Å². The number of thiocarbonyl (C=S) groups is 1. The maximum atomic E-state index is 13.2. The molecule has 3 N–H and O–H groups in total. The number of carbonyl (C=O) groups is 1. The molecule has 0 saturated heterocycles. The molecule has 188 valence electrons. The van der Waals surface area contributed by atoms with Crippen molar-refractivity contribution in [1.29, 1.82) is 0 Å². The summed E-state index contributed by atoms with van der Waals surface area (Å²) in [5, 5.41) is 27.9. The largest absolute Gasteiger partial charge is 0.508 e. The molecule has 3 aromatic rings. The van der Waals surface area contributed by atoms with Gasteiger partial charge in [-0.2, -0.15) is 5.10 Å². The van der Waals surface area contributed by atoms with Crippen molar-refractivity contribution in [3.63, 3.8) is 0 Å². The molecule has 1 heterocycles. The molecule has 11 nitrogen and oxygen atoms in total. The molecule has 0 atom stereocenters. The highest BCUT2D eigenvalue weighted by Gasteiger charge is 2.35. The Kier molecular flexibility index (Phi) is 7.51. The normalized spacial score (nSPS) is 13.9. The second kappa shape index (κ2) is 10.9. The molecule has 0 unspecified atom stereocenters. The number of hydrogen-bond acceptors (Lipinski definition) is 8. The molecule has 37 heavy (non-hydrogen) atoms. The first-order valence-electron chi connectivity index (χ1n) is 11.0. The third-order valence-corrected chi connectivity index (χ3v) is 5.44. The molecule has 1 amide bonds. The number of benzene rings is 3. The lowest BCUT2D eigenvalue weighted by Crippen LogP contribution is -2.37. The van der Waals surface area contributed by atoms with Crippen molar-refractivity contribution in [3.05, 3.63) is 88.0 Å². The smallest absolute Gasteiger partial charge is 0.278 e. The number of hydrogen-bond donors (Lipinski definition) is 3. The molecule has 0 aromatic heterocycles. The first kappa shape index (κ1) is 25.4. The SMILES string of the molecule is CN(C)CN1C(=O)C(=Nc2ccc(NC(=S)NN=Cc3ccc(O)cc3)cc2)c2cc([N+](=O)[O-])ccc21. The zero-order chi connectivity index (χ0) is 26.5. The number of hydrazone groups is 1. The van der Waals surface area contributed by atoms with Gasteiger partial charge >= 0.3 is 0 Å². The number of phenols is 1. The minimum atomic E-state index is -0.497. The van der Waals surface area contributed by atoms with Crippen molar-refractivity contribution >= 4 is 57.9 Å². The Morgan fingerprint density at radius 3 is 2.49 bits per heavy atom. The Morgan fingerprint density at radius 1 is 1.14 bits per heavy atom. The molecular formula is C25H23N7O4S. The number of carbonyl (C=O) groups excluding carboxylic acids is 1. The molecular weight excluding hydrogens is 494 g/mol. The van der Waals surface area contributed by atoms with Crippen molar-refractivity contribution in [2.75, 3.05) is 31.0 Å². The van der Waals surface area contributed by atoms with E-state index in [1.165, 1.54) is 17.0 Å². The minimum absolute atomic E-state index is 0.111. The Morgan fingerprint density at radius 2 is 1.84 bits per heavy atom. The van der Waals surface area contributed by atoms with Crippen molar-refractivity contribution in [3.8, 4) is 5.75 Å². The van der Waals surface area contributed by atoms with Gasteiger partial charge in [0, 0.05) is 23.4 Å². The number of rotatable bonds is 7. The lowest BCUT2D eigenvalue weighted by molar-refractivity contribution is -0.384. The van der Waals surface area contributed by atoms with Gasteiger partial charge in [-0.3, -0.25) is 30.1 Å². The molecule has 3 aromatic carbocycles. The molecule has 0 bridgehead atoms. The van der Waals surface area contributed by atoms with E-state index in [1.807, 2.05) is 19.0 Å². The number of nitro groups is 1. The van der Waals surface area contributed by atoms with Gasteiger partial charge in [0.15, 0.2) is 5.11 Å². The van der Waals surface area contributed by atoms with E-state index in [4.69, 9.17) is 12.2 Å². The van der Waals surface area contributed by atoms with Crippen LogP contribution >= 0.6 is 12.2 Å². The van der Waals surface area contributed by atoms with Gasteiger partial charge in [0.25, 0.3) is 11.6 Å². The van der Waals surface area contributed by atoms with Crippen molar-refractivity contribution in [1.82, 2.24) is 10.3 Å². The van der Waals surface area contributed by atoms with E-state index >= 15 is 0 Å². The van der Waals surface area contributed by atoms with Gasteiger partial charge in [0.1, 0.15) is 11.5 Å². The van der Waals surface area contributed by atoms with E-state index in [1.54, 1.807) is 60.8 Å². The van der Waals surface area contributed by atoms with Crippen LogP contribution in [0.15, 0.2) is 76.8 Å². The number of nitro benzene ring substituents is 1. The van der Waals surface area contributed by atoms with E-state index in [9.17, 15) is 20.0 Å². The summed E-state index contributed by atoms with van der Waals surface area (Å²) >= 11 is 5.25. The number of non-ortho nitro benzene ring substituents is 1. The summed E-state index contributed by atoms with van der Waals surface area (Å²) < 4.78 is 0. The summed E-state index contributed by atoms with van der Waals surface area (Å²) in [6.45, 7) is 0.311. The standard InChI is InChI=1S/C25H23N7O4S/c1-30(2)15-31-22-12-9-19(32(35)36)13-21(22)23(24(31)34)27-17-5-7-18(8-6-17)28-25(37)29-26-14-16-3-10-20(33)11-4-16/h3-14,33H,15H2,1-2H3,(H2,28,29,37). The Labute approximate surface area is 217 Å². The van der Waals surface area contributed by atoms with Crippen LogP contribution < -0.4 is 15.6 Å². The van der Waals surface area contributed by atoms with Crippen molar-refractivity contribution in [2.45, 2.75) is 0 Å². The highest BCUT2D eigenvalue weighted by molar-refractivity contribution is 7.80. The average molecular weight is 518 g/mol. The molecule has 0 aliphatic carbocycles. The molecule has 1 aliphatic heterocycles. The van der Waals surface area contributed by atoms with Gasteiger partial charge in [-0.05, 0) is 86.5 Å². The summed E-state index contributed by atoms with van der Waals surface area (Å²) in [5.41, 5.74) is 5.69. The first-order valence-corrected chi connectivity index (χ1v) is 11.5. The fourth-order valence-electron chi connectivity index (χ4n) is 3.58. The van der Waals surface area contributed by atoms with E-state index in [-0.39, 0.29) is 28.2 Å². The summed E-state index contributed by atoms with van der Waals surface area (Å²) in [5.74, 6) is -0.159. The van der Waals surface area contributed by atoms with E-state index in [0.717, 1.165) is 5.56 Å². The lowest BCUT2D eigenvalue weighted by atomic mass is 10.1. The second-order valence-electron chi connectivity index (χ2n) is 8.34. The fraction of sp³-hybridized carbons (Fsp3) is 0.120. The molecule has 12 heteroatoms. The number of fused-ring (bicyclic) bond motifs is 1. The highest BCUT2D eigenvalue weighted by atomic mass is 32.1. The third kappa shape index (κ3) is 6.12. The van der Waals surface area contributed by atoms with Gasteiger partial charge in [-0.1, -0.05) is 0 Å². The second-order valence-corrected chi connectivity index (χ2v) is 8.74. The topological polar surface area (TPSA) is 136 Å². The van der Waals surface area contributed by atoms with Crippen LogP contribution in [0.3, 0.4) is 0 Å². The molecule has 1 aliphatic rings. The predicted molar refractivity (Wildman–Crippen MR) is 147 cm³/mol. The Hall–Kier alpha value is -4.68. The zero-order valence-electron chi connectivity index (χ0n) is 20.0.